The normalized spacial score (nSPS) is 13.1. The summed E-state index contributed by atoms with van der Waals surface area (Å²) in [7, 11) is 0. The van der Waals surface area contributed by atoms with Crippen molar-refractivity contribution in [2.45, 2.75) is 18.3 Å². The number of nitrogens with two attached hydrogens (primary N) is 1. The van der Waals surface area contributed by atoms with Gasteiger partial charge < -0.3 is 11.1 Å². The lowest BCUT2D eigenvalue weighted by Crippen LogP contribution is -2.47. The largest absolute Gasteiger partial charge is 0.463 e. The smallest absolute Gasteiger partial charge is 0.397 e. The monoisotopic (exact) mass is 322 g/mol. The van der Waals surface area contributed by atoms with Gasteiger partial charge in [-0.1, -0.05) is 0 Å². The topological polar surface area (TPSA) is 55.1 Å². The zero-order valence-electron chi connectivity index (χ0n) is 9.74. The van der Waals surface area contributed by atoms with Crippen LogP contribution in [-0.4, -0.2) is 18.0 Å². The second kappa shape index (κ2) is 5.04. The van der Waals surface area contributed by atoms with E-state index in [-0.39, 0.29) is 0 Å². The average molecular weight is 322 g/mol. The van der Waals surface area contributed by atoms with Gasteiger partial charge in [0, 0.05) is 0 Å². The molecule has 1 rings (SSSR count). The second-order valence-corrected chi connectivity index (χ2v) is 3.83. The third-order valence-electron chi connectivity index (χ3n) is 2.27. The van der Waals surface area contributed by atoms with Gasteiger partial charge in [-0.25, -0.2) is 0 Å². The van der Waals surface area contributed by atoms with E-state index in [2.05, 4.69) is 0 Å². The zero-order chi connectivity index (χ0) is 16.6. The minimum Gasteiger partial charge on any atom is -0.397 e. The number of benzene rings is 1. The van der Waals surface area contributed by atoms with Gasteiger partial charge in [-0.05, 0) is 18.2 Å². The molecule has 0 atom stereocenters. The molecule has 0 radical (unpaired) electrons. The molecule has 0 unspecified atom stereocenters. The standard InChI is InChI=1S/C10H6F8N2O/c11-8(12,10(16,17)18)7(21)20-6-2-1-4(3-5(6)19)9(13,14)15/h1-3H,19H2,(H,20,21). The molecule has 3 N–H and O–H groups in total. The predicted molar refractivity (Wildman–Crippen MR) is 55.5 cm³/mol. The van der Waals surface area contributed by atoms with Crippen LogP contribution in [0.25, 0.3) is 0 Å². The maximum atomic E-state index is 12.7. The van der Waals surface area contributed by atoms with Gasteiger partial charge in [-0.3, -0.25) is 4.79 Å². The average Bonchev–Trinajstić information content (AvgIpc) is 2.28. The highest BCUT2D eigenvalue weighted by atomic mass is 19.4. The van der Waals surface area contributed by atoms with Crippen molar-refractivity contribution in [1.29, 1.82) is 0 Å². The number of amides is 1. The zero-order valence-corrected chi connectivity index (χ0v) is 9.74. The van der Waals surface area contributed by atoms with E-state index >= 15 is 0 Å². The Hall–Kier alpha value is -2.07. The Balaban J connectivity index is 3.03. The lowest BCUT2D eigenvalue weighted by molar-refractivity contribution is -0.267. The first-order chi connectivity index (χ1) is 9.26. The molecule has 1 amide bonds. The van der Waals surface area contributed by atoms with Gasteiger partial charge in [0.2, 0.25) is 0 Å². The molecule has 0 bridgehead atoms. The second-order valence-electron chi connectivity index (χ2n) is 3.83. The summed E-state index contributed by atoms with van der Waals surface area (Å²) in [6, 6.07) is 1.14. The lowest BCUT2D eigenvalue weighted by atomic mass is 10.1. The summed E-state index contributed by atoms with van der Waals surface area (Å²) in [4.78, 5) is 10.9. The summed E-state index contributed by atoms with van der Waals surface area (Å²) < 4.78 is 97.9. The van der Waals surface area contributed by atoms with E-state index in [1.54, 1.807) is 0 Å². The van der Waals surface area contributed by atoms with Crippen LogP contribution in [-0.2, 0) is 11.0 Å². The molecule has 0 saturated heterocycles. The van der Waals surface area contributed by atoms with E-state index in [1.165, 1.54) is 0 Å². The molecule has 0 fully saturated rings. The third-order valence-corrected chi connectivity index (χ3v) is 2.27. The molecule has 0 aliphatic carbocycles. The Morgan fingerprint density at radius 2 is 1.52 bits per heavy atom. The van der Waals surface area contributed by atoms with Crippen molar-refractivity contribution >= 4 is 17.3 Å². The van der Waals surface area contributed by atoms with Crippen LogP contribution in [0.3, 0.4) is 0 Å². The van der Waals surface area contributed by atoms with E-state index in [0.29, 0.717) is 18.2 Å². The first-order valence-corrected chi connectivity index (χ1v) is 4.99. The van der Waals surface area contributed by atoms with E-state index < -0.39 is 41.1 Å². The van der Waals surface area contributed by atoms with Gasteiger partial charge in [0.05, 0.1) is 16.9 Å². The maximum absolute atomic E-state index is 12.7. The fourth-order valence-corrected chi connectivity index (χ4v) is 1.18. The van der Waals surface area contributed by atoms with Gasteiger partial charge >= 0.3 is 24.2 Å². The van der Waals surface area contributed by atoms with Crippen LogP contribution in [0.1, 0.15) is 5.56 Å². The molecule has 0 spiro atoms. The fraction of sp³-hybridized carbons (Fsp3) is 0.300. The summed E-state index contributed by atoms with van der Waals surface area (Å²) in [5.41, 5.74) is 2.22. The number of carbonyl (C=O) groups excluding carboxylic acids is 1. The van der Waals surface area contributed by atoms with Gasteiger partial charge in [0.1, 0.15) is 0 Å². The van der Waals surface area contributed by atoms with Crippen LogP contribution in [0.15, 0.2) is 18.2 Å². The number of hydrogen-bond donors (Lipinski definition) is 2. The Morgan fingerprint density at radius 1 is 1.00 bits per heavy atom. The molecular formula is C10H6F8N2O. The first kappa shape index (κ1) is 17.0. The molecule has 21 heavy (non-hydrogen) atoms. The van der Waals surface area contributed by atoms with Crippen molar-refractivity contribution in [1.82, 2.24) is 0 Å². The summed E-state index contributed by atoms with van der Waals surface area (Å²) in [6.07, 6.45) is -10.9. The van der Waals surface area contributed by atoms with Crippen LogP contribution in [0, 0.1) is 0 Å². The molecule has 118 valence electrons. The molecule has 0 aliphatic rings. The summed E-state index contributed by atoms with van der Waals surface area (Å²) >= 11 is 0. The molecule has 0 aliphatic heterocycles. The number of halogens is 8. The van der Waals surface area contributed by atoms with Crippen molar-refractivity contribution in [3.63, 3.8) is 0 Å². The minimum atomic E-state index is -6.14. The van der Waals surface area contributed by atoms with Crippen LogP contribution >= 0.6 is 0 Å². The SMILES string of the molecule is Nc1cc(C(F)(F)F)ccc1NC(=O)C(F)(F)C(F)(F)F. The third kappa shape index (κ3) is 3.52. The molecule has 0 aromatic heterocycles. The number of hydrogen-bond acceptors (Lipinski definition) is 2. The van der Waals surface area contributed by atoms with Gasteiger partial charge in [-0.2, -0.15) is 35.1 Å². The van der Waals surface area contributed by atoms with Crippen molar-refractivity contribution in [3.05, 3.63) is 23.8 Å². The molecule has 1 aromatic carbocycles. The number of nitrogens with one attached hydrogen (secondary N) is 1. The highest BCUT2D eigenvalue weighted by Gasteiger charge is 2.63. The number of nitrogen functional groups attached to an aromatic ring is 1. The Kier molecular flexibility index (Phi) is 4.08. The molecular weight excluding hydrogens is 316 g/mol. The molecule has 0 saturated carbocycles. The molecule has 3 nitrogen and oxygen atoms in total. The molecule has 11 heteroatoms. The fourth-order valence-electron chi connectivity index (χ4n) is 1.18. The lowest BCUT2D eigenvalue weighted by Gasteiger charge is -2.19. The summed E-state index contributed by atoms with van der Waals surface area (Å²) in [5.74, 6) is -8.45. The number of anilines is 2. The quantitative estimate of drug-likeness (QED) is 0.647. The Labute approximate surface area is 111 Å². The molecule has 0 heterocycles. The number of rotatable bonds is 2. The van der Waals surface area contributed by atoms with Crippen molar-refractivity contribution in [2.75, 3.05) is 11.1 Å². The summed E-state index contributed by atoms with van der Waals surface area (Å²) in [5, 5.41) is 1.13. The van der Waals surface area contributed by atoms with Crippen LogP contribution in [0.2, 0.25) is 0 Å². The van der Waals surface area contributed by atoms with Crippen molar-refractivity contribution in [3.8, 4) is 0 Å². The van der Waals surface area contributed by atoms with Gasteiger partial charge in [0.25, 0.3) is 0 Å². The molecule has 1 aromatic rings. The van der Waals surface area contributed by atoms with Crippen LogP contribution in [0.4, 0.5) is 46.5 Å². The van der Waals surface area contributed by atoms with Gasteiger partial charge in [-0.15, -0.1) is 0 Å². The van der Waals surface area contributed by atoms with Crippen molar-refractivity contribution in [2.24, 2.45) is 0 Å². The van der Waals surface area contributed by atoms with E-state index in [0.717, 1.165) is 5.32 Å². The van der Waals surface area contributed by atoms with Crippen LogP contribution in [0.5, 0.6) is 0 Å². The number of carbonyl (C=O) groups is 1. The van der Waals surface area contributed by atoms with E-state index in [9.17, 15) is 39.9 Å². The van der Waals surface area contributed by atoms with E-state index in [1.807, 2.05) is 0 Å². The summed E-state index contributed by atoms with van der Waals surface area (Å²) in [6.45, 7) is 0. The minimum absolute atomic E-state index is 0.293. The predicted octanol–water partition coefficient (Wildman–Crippen LogP) is 3.42. The van der Waals surface area contributed by atoms with Gasteiger partial charge in [0.15, 0.2) is 0 Å². The number of alkyl halides is 8. The van der Waals surface area contributed by atoms with Crippen molar-refractivity contribution < 1.29 is 39.9 Å². The Morgan fingerprint density at radius 3 is 1.90 bits per heavy atom. The van der Waals surface area contributed by atoms with E-state index in [4.69, 9.17) is 5.73 Å². The Bertz CT molecular complexity index is 549. The van der Waals surface area contributed by atoms with Crippen LogP contribution < -0.4 is 11.1 Å². The first-order valence-electron chi connectivity index (χ1n) is 4.99. The highest BCUT2D eigenvalue weighted by molar-refractivity contribution is 5.99. The highest BCUT2D eigenvalue weighted by Crippen LogP contribution is 2.37. The maximum Gasteiger partial charge on any atom is 0.463 e.